The van der Waals surface area contributed by atoms with Crippen LogP contribution in [0.5, 0.6) is 0 Å². The predicted octanol–water partition coefficient (Wildman–Crippen LogP) is 3.11. The minimum absolute atomic E-state index is 0.0987. The fourth-order valence-corrected chi connectivity index (χ4v) is 3.53. The monoisotopic (exact) mass is 272 g/mol. The second-order valence-electron chi connectivity index (χ2n) is 6.25. The van der Waals surface area contributed by atoms with E-state index in [9.17, 15) is 4.79 Å². The molecule has 0 spiro atoms. The van der Waals surface area contributed by atoms with E-state index in [1.165, 1.54) is 37.7 Å². The third kappa shape index (κ3) is 2.82. The lowest BCUT2D eigenvalue weighted by Crippen LogP contribution is -2.46. The third-order valence-corrected chi connectivity index (χ3v) is 4.81. The van der Waals surface area contributed by atoms with Crippen molar-refractivity contribution in [1.29, 1.82) is 0 Å². The van der Waals surface area contributed by atoms with Gasteiger partial charge in [-0.15, -0.1) is 0 Å². The topological polar surface area (TPSA) is 41.1 Å². The Kier molecular flexibility index (Phi) is 3.95. The summed E-state index contributed by atoms with van der Waals surface area (Å²) in [7, 11) is 0. The van der Waals surface area contributed by atoms with Gasteiger partial charge in [0.25, 0.3) is 0 Å². The van der Waals surface area contributed by atoms with Crippen molar-refractivity contribution in [2.24, 2.45) is 5.92 Å². The molecule has 20 heavy (non-hydrogen) atoms. The van der Waals surface area contributed by atoms with Gasteiger partial charge in [0.2, 0.25) is 5.91 Å². The van der Waals surface area contributed by atoms with Crippen LogP contribution in [0.15, 0.2) is 24.3 Å². The molecular weight excluding hydrogens is 248 g/mol. The highest BCUT2D eigenvalue weighted by molar-refractivity contribution is 5.87. The van der Waals surface area contributed by atoms with Gasteiger partial charge in [0.05, 0.1) is 0 Å². The molecule has 1 fully saturated rings. The number of amides is 1. The quantitative estimate of drug-likeness (QED) is 0.887. The van der Waals surface area contributed by atoms with Crippen LogP contribution in [0.1, 0.15) is 44.6 Å². The molecule has 1 aromatic rings. The molecule has 0 bridgehead atoms. The minimum atomic E-state index is -0.0987. The first-order valence-corrected chi connectivity index (χ1v) is 7.89. The number of benzene rings is 1. The van der Waals surface area contributed by atoms with Crippen LogP contribution in [-0.2, 0) is 11.2 Å². The average Bonchev–Trinajstić information content (AvgIpc) is 2.92. The van der Waals surface area contributed by atoms with Gasteiger partial charge in [0.15, 0.2) is 0 Å². The van der Waals surface area contributed by atoms with Gasteiger partial charge in [0, 0.05) is 18.2 Å². The van der Waals surface area contributed by atoms with Gasteiger partial charge in [-0.3, -0.25) is 4.79 Å². The number of carbonyl (C=O) groups excluding carboxylic acids is 1. The fourth-order valence-electron chi connectivity index (χ4n) is 3.53. The molecule has 0 radical (unpaired) electrons. The Morgan fingerprint density at radius 1 is 1.25 bits per heavy atom. The van der Waals surface area contributed by atoms with E-state index in [2.05, 4.69) is 23.6 Å². The van der Waals surface area contributed by atoms with E-state index in [0.717, 1.165) is 12.1 Å². The summed E-state index contributed by atoms with van der Waals surface area (Å²) in [6.45, 7) is 2.16. The maximum absolute atomic E-state index is 12.4. The third-order valence-electron chi connectivity index (χ3n) is 4.81. The smallest absolute Gasteiger partial charge is 0.243 e. The summed E-state index contributed by atoms with van der Waals surface area (Å²) >= 11 is 0. The molecule has 0 unspecified atom stereocenters. The van der Waals surface area contributed by atoms with E-state index < -0.39 is 0 Å². The summed E-state index contributed by atoms with van der Waals surface area (Å²) in [5, 5.41) is 6.56. The van der Waals surface area contributed by atoms with Gasteiger partial charge < -0.3 is 10.6 Å². The molecule has 1 aliphatic heterocycles. The standard InChI is InChI=1S/C17H24N2O/c1-12(13-7-3-2-4-8-13)18-17(20)16-11-14-9-5-6-10-15(14)19-16/h5-6,9-10,12-13,16,19H,2-4,7-8,11H2,1H3,(H,18,20)/t12-,16-/m0/s1. The number of nitrogens with one attached hydrogen (secondary N) is 2. The first-order chi connectivity index (χ1) is 9.74. The zero-order chi connectivity index (χ0) is 13.9. The Morgan fingerprint density at radius 2 is 2.00 bits per heavy atom. The van der Waals surface area contributed by atoms with Crippen LogP contribution < -0.4 is 10.6 Å². The van der Waals surface area contributed by atoms with Crippen molar-refractivity contribution < 1.29 is 4.79 Å². The van der Waals surface area contributed by atoms with Gasteiger partial charge in [-0.2, -0.15) is 0 Å². The number of carbonyl (C=O) groups is 1. The van der Waals surface area contributed by atoms with Crippen LogP contribution in [-0.4, -0.2) is 18.0 Å². The van der Waals surface area contributed by atoms with Crippen molar-refractivity contribution >= 4 is 11.6 Å². The predicted molar refractivity (Wildman–Crippen MR) is 81.7 cm³/mol. The Bertz CT molecular complexity index is 455. The lowest BCUT2D eigenvalue weighted by atomic mass is 9.84. The Balaban J connectivity index is 1.55. The molecule has 2 aliphatic rings. The molecule has 3 heteroatoms. The summed E-state index contributed by atoms with van der Waals surface area (Å²) in [5.41, 5.74) is 2.36. The Morgan fingerprint density at radius 3 is 2.75 bits per heavy atom. The number of anilines is 1. The van der Waals surface area contributed by atoms with Crippen molar-refractivity contribution in [3.63, 3.8) is 0 Å². The highest BCUT2D eigenvalue weighted by atomic mass is 16.2. The largest absolute Gasteiger partial charge is 0.373 e. The maximum Gasteiger partial charge on any atom is 0.243 e. The van der Waals surface area contributed by atoms with Crippen LogP contribution in [0, 0.1) is 5.92 Å². The molecule has 1 aromatic carbocycles. The molecule has 0 saturated heterocycles. The second-order valence-corrected chi connectivity index (χ2v) is 6.25. The highest BCUT2D eigenvalue weighted by Gasteiger charge is 2.29. The molecule has 2 atom stereocenters. The van der Waals surface area contributed by atoms with E-state index in [1.807, 2.05) is 18.2 Å². The van der Waals surface area contributed by atoms with Crippen molar-refractivity contribution in [2.75, 3.05) is 5.32 Å². The molecule has 1 saturated carbocycles. The van der Waals surface area contributed by atoms with Gasteiger partial charge in [-0.1, -0.05) is 37.5 Å². The van der Waals surface area contributed by atoms with Gasteiger partial charge in [0.1, 0.15) is 6.04 Å². The summed E-state index contributed by atoms with van der Waals surface area (Å²) in [5.74, 6) is 0.816. The molecule has 1 amide bonds. The van der Waals surface area contributed by atoms with Crippen molar-refractivity contribution in [3.8, 4) is 0 Å². The molecule has 0 aromatic heterocycles. The van der Waals surface area contributed by atoms with E-state index in [-0.39, 0.29) is 11.9 Å². The molecule has 2 N–H and O–H groups in total. The number of hydrogen-bond donors (Lipinski definition) is 2. The second kappa shape index (κ2) is 5.86. The summed E-state index contributed by atoms with van der Waals surface area (Å²) in [4.78, 5) is 12.4. The summed E-state index contributed by atoms with van der Waals surface area (Å²) < 4.78 is 0. The number of rotatable bonds is 3. The summed E-state index contributed by atoms with van der Waals surface area (Å²) in [6, 6.07) is 8.39. The average molecular weight is 272 g/mol. The van der Waals surface area contributed by atoms with Crippen LogP contribution in [0.2, 0.25) is 0 Å². The normalized spacial score (nSPS) is 23.8. The number of para-hydroxylation sites is 1. The maximum atomic E-state index is 12.4. The Labute approximate surface area is 121 Å². The SMILES string of the molecule is C[C@H](NC(=O)[C@@H]1Cc2ccccc2N1)C1CCCCC1. The highest BCUT2D eigenvalue weighted by Crippen LogP contribution is 2.28. The lowest BCUT2D eigenvalue weighted by Gasteiger charge is -2.29. The molecule has 3 nitrogen and oxygen atoms in total. The zero-order valence-corrected chi connectivity index (χ0v) is 12.2. The minimum Gasteiger partial charge on any atom is -0.373 e. The first-order valence-electron chi connectivity index (χ1n) is 7.89. The van der Waals surface area contributed by atoms with Crippen LogP contribution in [0.25, 0.3) is 0 Å². The van der Waals surface area contributed by atoms with Crippen LogP contribution in [0.3, 0.4) is 0 Å². The fraction of sp³-hybridized carbons (Fsp3) is 0.588. The number of fused-ring (bicyclic) bond motifs is 1. The molecular formula is C17H24N2O. The van der Waals surface area contributed by atoms with Gasteiger partial charge in [-0.05, 0) is 37.3 Å². The van der Waals surface area contributed by atoms with E-state index in [1.54, 1.807) is 0 Å². The molecule has 3 rings (SSSR count). The van der Waals surface area contributed by atoms with E-state index >= 15 is 0 Å². The zero-order valence-electron chi connectivity index (χ0n) is 12.2. The van der Waals surface area contributed by atoms with Gasteiger partial charge in [-0.25, -0.2) is 0 Å². The van der Waals surface area contributed by atoms with Crippen LogP contribution in [0.4, 0.5) is 5.69 Å². The molecule has 1 aliphatic carbocycles. The van der Waals surface area contributed by atoms with Crippen LogP contribution >= 0.6 is 0 Å². The lowest BCUT2D eigenvalue weighted by molar-refractivity contribution is -0.122. The molecule has 1 heterocycles. The number of hydrogen-bond acceptors (Lipinski definition) is 2. The van der Waals surface area contributed by atoms with E-state index in [4.69, 9.17) is 0 Å². The van der Waals surface area contributed by atoms with Crippen molar-refractivity contribution in [3.05, 3.63) is 29.8 Å². The molecule has 108 valence electrons. The van der Waals surface area contributed by atoms with Crippen molar-refractivity contribution in [2.45, 2.75) is 57.5 Å². The summed E-state index contributed by atoms with van der Waals surface area (Å²) in [6.07, 6.45) is 7.32. The Hall–Kier alpha value is -1.51. The van der Waals surface area contributed by atoms with Gasteiger partial charge >= 0.3 is 0 Å². The van der Waals surface area contributed by atoms with Crippen molar-refractivity contribution in [1.82, 2.24) is 5.32 Å². The van der Waals surface area contributed by atoms with E-state index in [0.29, 0.717) is 12.0 Å². The first kappa shape index (κ1) is 13.5.